The zero-order valence-electron chi connectivity index (χ0n) is 9.23. The molecule has 0 saturated carbocycles. The van der Waals surface area contributed by atoms with Gasteiger partial charge < -0.3 is 14.4 Å². The van der Waals surface area contributed by atoms with Crippen molar-refractivity contribution in [3.63, 3.8) is 0 Å². The average Bonchev–Trinajstić information content (AvgIpc) is 2.39. The maximum atomic E-state index is 5.60. The van der Waals surface area contributed by atoms with Crippen molar-refractivity contribution in [2.45, 2.75) is 6.10 Å². The molecule has 4 nitrogen and oxygen atoms in total. The van der Waals surface area contributed by atoms with Gasteiger partial charge in [0, 0.05) is 36.4 Å². The average molecular weight is 287 g/mol. The second-order valence-electron chi connectivity index (χ2n) is 3.65. The Morgan fingerprint density at radius 3 is 3.31 bits per heavy atom. The summed E-state index contributed by atoms with van der Waals surface area (Å²) >= 11 is 3.45. The van der Waals surface area contributed by atoms with Crippen molar-refractivity contribution in [1.82, 2.24) is 4.98 Å². The van der Waals surface area contributed by atoms with Gasteiger partial charge in [0.2, 0.25) is 5.88 Å². The molecular weight excluding hydrogens is 272 g/mol. The first-order chi connectivity index (χ1) is 7.83. The smallest absolute Gasteiger partial charge is 0.214 e. The summed E-state index contributed by atoms with van der Waals surface area (Å²) in [5, 5.41) is 0.867. The number of nitrogens with zero attached hydrogens (tertiary/aromatic N) is 2. The number of anilines is 1. The van der Waals surface area contributed by atoms with Gasteiger partial charge in [0.25, 0.3) is 0 Å². The third kappa shape index (κ3) is 2.65. The number of hydrogen-bond donors (Lipinski definition) is 0. The molecular formula is C11H15BrN2O2. The van der Waals surface area contributed by atoms with Crippen molar-refractivity contribution in [2.24, 2.45) is 0 Å². The molecule has 1 fully saturated rings. The largest absolute Gasteiger partial charge is 0.481 e. The summed E-state index contributed by atoms with van der Waals surface area (Å²) in [6, 6.07) is 3.95. The van der Waals surface area contributed by atoms with Crippen molar-refractivity contribution in [2.75, 3.05) is 37.0 Å². The van der Waals surface area contributed by atoms with Gasteiger partial charge in [0.05, 0.1) is 19.8 Å². The van der Waals surface area contributed by atoms with E-state index in [1.807, 2.05) is 12.1 Å². The number of pyridine rings is 1. The molecule has 1 aromatic heterocycles. The monoisotopic (exact) mass is 286 g/mol. The molecule has 0 amide bonds. The second-order valence-corrected chi connectivity index (χ2v) is 4.30. The fourth-order valence-corrected chi connectivity index (χ4v) is 2.15. The number of ether oxygens (including phenoxy) is 2. The van der Waals surface area contributed by atoms with E-state index < -0.39 is 0 Å². The number of morpholine rings is 1. The summed E-state index contributed by atoms with van der Waals surface area (Å²) in [6.07, 6.45) is 2.03. The van der Waals surface area contributed by atoms with Crippen molar-refractivity contribution < 1.29 is 9.47 Å². The Morgan fingerprint density at radius 1 is 1.69 bits per heavy atom. The Bertz CT molecular complexity index is 349. The van der Waals surface area contributed by atoms with Crippen LogP contribution in [0.25, 0.3) is 0 Å². The molecule has 1 atom stereocenters. The van der Waals surface area contributed by atoms with Gasteiger partial charge in [0.1, 0.15) is 0 Å². The van der Waals surface area contributed by atoms with Crippen LogP contribution in [0.5, 0.6) is 5.88 Å². The summed E-state index contributed by atoms with van der Waals surface area (Å²) in [5.74, 6) is 0.652. The van der Waals surface area contributed by atoms with E-state index in [1.54, 1.807) is 13.3 Å². The standard InChI is InChI=1S/C11H15BrN2O2/c1-15-11-6-9(2-3-13-11)14-4-5-16-10(7-12)8-14/h2-3,6,10H,4-5,7-8H2,1H3. The van der Waals surface area contributed by atoms with E-state index in [2.05, 4.69) is 25.8 Å². The van der Waals surface area contributed by atoms with Gasteiger partial charge in [-0.05, 0) is 6.07 Å². The van der Waals surface area contributed by atoms with Crippen molar-refractivity contribution in [1.29, 1.82) is 0 Å². The Labute approximate surface area is 104 Å². The molecule has 0 bridgehead atoms. The molecule has 0 radical (unpaired) electrons. The predicted octanol–water partition coefficient (Wildman–Crippen LogP) is 1.69. The van der Waals surface area contributed by atoms with E-state index in [-0.39, 0.29) is 6.10 Å². The Morgan fingerprint density at radius 2 is 2.56 bits per heavy atom. The highest BCUT2D eigenvalue weighted by molar-refractivity contribution is 9.09. The fraction of sp³-hybridized carbons (Fsp3) is 0.545. The van der Waals surface area contributed by atoms with Crippen LogP contribution < -0.4 is 9.64 Å². The van der Waals surface area contributed by atoms with Crippen LogP contribution in [0.15, 0.2) is 18.3 Å². The quantitative estimate of drug-likeness (QED) is 0.792. The van der Waals surface area contributed by atoms with Gasteiger partial charge >= 0.3 is 0 Å². The molecule has 1 aliphatic heterocycles. The summed E-state index contributed by atoms with van der Waals surface area (Å²) in [4.78, 5) is 6.39. The van der Waals surface area contributed by atoms with Gasteiger partial charge in [-0.2, -0.15) is 0 Å². The molecule has 5 heteroatoms. The predicted molar refractivity (Wildman–Crippen MR) is 66.5 cm³/mol. The third-order valence-electron chi connectivity index (χ3n) is 2.60. The molecule has 0 spiro atoms. The molecule has 88 valence electrons. The molecule has 2 heterocycles. The summed E-state index contributed by atoms with van der Waals surface area (Å²) in [7, 11) is 1.63. The minimum atomic E-state index is 0.257. The minimum absolute atomic E-state index is 0.257. The molecule has 2 rings (SSSR count). The Hall–Kier alpha value is -0.810. The number of rotatable bonds is 3. The highest BCUT2D eigenvalue weighted by Crippen LogP contribution is 2.21. The first kappa shape index (κ1) is 11.7. The second kappa shape index (κ2) is 5.50. The molecule has 1 saturated heterocycles. The van der Waals surface area contributed by atoms with Crippen LogP contribution in [0, 0.1) is 0 Å². The number of methoxy groups -OCH3 is 1. The molecule has 1 aliphatic rings. The van der Waals surface area contributed by atoms with Gasteiger partial charge in [-0.15, -0.1) is 0 Å². The van der Waals surface area contributed by atoms with Gasteiger partial charge in [-0.1, -0.05) is 15.9 Å². The van der Waals surface area contributed by atoms with Crippen LogP contribution in [-0.2, 0) is 4.74 Å². The molecule has 1 aromatic rings. The summed E-state index contributed by atoms with van der Waals surface area (Å²) in [5.41, 5.74) is 1.14. The maximum absolute atomic E-state index is 5.60. The minimum Gasteiger partial charge on any atom is -0.481 e. The number of halogens is 1. The van der Waals surface area contributed by atoms with Crippen LogP contribution in [0.2, 0.25) is 0 Å². The third-order valence-corrected chi connectivity index (χ3v) is 3.33. The van der Waals surface area contributed by atoms with Gasteiger partial charge in [-0.25, -0.2) is 4.98 Å². The highest BCUT2D eigenvalue weighted by atomic mass is 79.9. The maximum Gasteiger partial charge on any atom is 0.214 e. The lowest BCUT2D eigenvalue weighted by Crippen LogP contribution is -2.43. The molecule has 0 aromatic carbocycles. The van der Waals surface area contributed by atoms with E-state index in [0.29, 0.717) is 5.88 Å². The lowest BCUT2D eigenvalue weighted by atomic mass is 10.2. The summed E-state index contributed by atoms with van der Waals surface area (Å²) in [6.45, 7) is 2.58. The van der Waals surface area contributed by atoms with Crippen molar-refractivity contribution in [3.05, 3.63) is 18.3 Å². The molecule has 16 heavy (non-hydrogen) atoms. The van der Waals surface area contributed by atoms with Gasteiger partial charge in [-0.3, -0.25) is 0 Å². The van der Waals surface area contributed by atoms with Crippen molar-refractivity contribution in [3.8, 4) is 5.88 Å². The van der Waals surface area contributed by atoms with E-state index in [9.17, 15) is 0 Å². The highest BCUT2D eigenvalue weighted by Gasteiger charge is 2.19. The number of hydrogen-bond acceptors (Lipinski definition) is 4. The van der Waals surface area contributed by atoms with Crippen LogP contribution in [-0.4, -0.2) is 43.2 Å². The fourth-order valence-electron chi connectivity index (χ4n) is 1.75. The van der Waals surface area contributed by atoms with E-state index in [0.717, 1.165) is 30.7 Å². The first-order valence-corrected chi connectivity index (χ1v) is 6.38. The zero-order valence-corrected chi connectivity index (χ0v) is 10.8. The van der Waals surface area contributed by atoms with Crippen LogP contribution in [0.4, 0.5) is 5.69 Å². The lowest BCUT2D eigenvalue weighted by molar-refractivity contribution is 0.0571. The normalized spacial score (nSPS) is 20.9. The topological polar surface area (TPSA) is 34.6 Å². The Kier molecular flexibility index (Phi) is 4.01. The SMILES string of the molecule is COc1cc(N2CCOC(CBr)C2)ccn1. The van der Waals surface area contributed by atoms with E-state index in [4.69, 9.17) is 9.47 Å². The van der Waals surface area contributed by atoms with Crippen LogP contribution >= 0.6 is 15.9 Å². The van der Waals surface area contributed by atoms with Gasteiger partial charge in [0.15, 0.2) is 0 Å². The number of aromatic nitrogens is 1. The molecule has 0 aliphatic carbocycles. The number of alkyl halides is 1. The van der Waals surface area contributed by atoms with Crippen molar-refractivity contribution >= 4 is 21.6 Å². The molecule has 0 N–H and O–H groups in total. The molecule has 1 unspecified atom stereocenters. The first-order valence-electron chi connectivity index (χ1n) is 5.26. The summed E-state index contributed by atoms with van der Waals surface area (Å²) < 4.78 is 10.7. The zero-order chi connectivity index (χ0) is 11.4. The van der Waals surface area contributed by atoms with E-state index in [1.165, 1.54) is 0 Å². The Balaban J connectivity index is 2.10. The van der Waals surface area contributed by atoms with Crippen LogP contribution in [0.3, 0.4) is 0 Å². The lowest BCUT2D eigenvalue weighted by Gasteiger charge is -2.33. The van der Waals surface area contributed by atoms with E-state index >= 15 is 0 Å². The van der Waals surface area contributed by atoms with Crippen LogP contribution in [0.1, 0.15) is 0 Å².